The van der Waals surface area contributed by atoms with Crippen LogP contribution in [0.4, 0.5) is 5.69 Å². The van der Waals surface area contributed by atoms with Gasteiger partial charge < -0.3 is 19.6 Å². The van der Waals surface area contributed by atoms with E-state index in [0.717, 1.165) is 0 Å². The van der Waals surface area contributed by atoms with Gasteiger partial charge >= 0.3 is 5.97 Å². The molecule has 4 rings (SSSR count). The van der Waals surface area contributed by atoms with Gasteiger partial charge in [0.05, 0.1) is 39.9 Å². The third kappa shape index (κ3) is 3.98. The monoisotopic (exact) mass is 532 g/mol. The van der Waals surface area contributed by atoms with E-state index in [-0.39, 0.29) is 42.7 Å². The molecule has 0 aliphatic carbocycles. The summed E-state index contributed by atoms with van der Waals surface area (Å²) in [7, 11) is 0. The zero-order valence-electron chi connectivity index (χ0n) is 20.6. The summed E-state index contributed by atoms with van der Waals surface area (Å²) < 4.78 is 4.60. The minimum Gasteiger partial charge on any atom is -0.461 e. The van der Waals surface area contributed by atoms with Gasteiger partial charge in [0.25, 0.3) is 5.91 Å². The summed E-state index contributed by atoms with van der Waals surface area (Å²) in [6, 6.07) is 5.64. The Morgan fingerprint density at radius 2 is 2.08 bits per heavy atom. The van der Waals surface area contributed by atoms with E-state index in [1.807, 2.05) is 6.92 Å². The largest absolute Gasteiger partial charge is 0.461 e. The van der Waals surface area contributed by atoms with Gasteiger partial charge in [-0.1, -0.05) is 56.3 Å². The molecule has 3 fully saturated rings. The second-order valence-corrected chi connectivity index (χ2v) is 11.6. The Kier molecular flexibility index (Phi) is 7.88. The average Bonchev–Trinajstić information content (AvgIpc) is 3.46. The van der Waals surface area contributed by atoms with Gasteiger partial charge in [-0.15, -0.1) is 18.3 Å². The molecule has 2 bridgehead atoms. The minimum absolute atomic E-state index is 0.00289. The summed E-state index contributed by atoms with van der Waals surface area (Å²) in [4.78, 5) is 44.9. The summed E-state index contributed by atoms with van der Waals surface area (Å²) in [6.45, 7) is 11.3. The van der Waals surface area contributed by atoms with E-state index in [0.29, 0.717) is 23.6 Å². The van der Waals surface area contributed by atoms with Crippen LogP contribution in [0.5, 0.6) is 0 Å². The average molecular weight is 533 g/mol. The van der Waals surface area contributed by atoms with Gasteiger partial charge in [0, 0.05) is 11.8 Å². The number of aliphatic hydroxyl groups excluding tert-OH is 1. The molecule has 7 nitrogen and oxygen atoms in total. The number of amides is 2. The van der Waals surface area contributed by atoms with Crippen LogP contribution in [0.15, 0.2) is 49.6 Å². The van der Waals surface area contributed by atoms with Gasteiger partial charge in [-0.25, -0.2) is 0 Å². The Morgan fingerprint density at radius 3 is 2.69 bits per heavy atom. The van der Waals surface area contributed by atoms with Gasteiger partial charge in [0.2, 0.25) is 5.91 Å². The number of thioether (sulfide) groups is 1. The molecule has 194 valence electrons. The first-order chi connectivity index (χ1) is 17.3. The molecule has 7 atom stereocenters. The van der Waals surface area contributed by atoms with Gasteiger partial charge in [-0.2, -0.15) is 0 Å². The van der Waals surface area contributed by atoms with E-state index in [1.165, 1.54) is 6.08 Å². The van der Waals surface area contributed by atoms with Crippen LogP contribution in [0.3, 0.4) is 0 Å². The van der Waals surface area contributed by atoms with Gasteiger partial charge in [0.1, 0.15) is 12.6 Å². The Morgan fingerprint density at radius 1 is 1.36 bits per heavy atom. The van der Waals surface area contributed by atoms with Crippen molar-refractivity contribution in [3.8, 4) is 0 Å². The van der Waals surface area contributed by atoms with Crippen LogP contribution in [-0.4, -0.2) is 69.6 Å². The fourth-order valence-corrected chi connectivity index (χ4v) is 8.93. The maximum Gasteiger partial charge on any atom is 0.311 e. The molecule has 0 radical (unpaired) electrons. The van der Waals surface area contributed by atoms with Gasteiger partial charge in [-0.05, 0) is 30.9 Å². The highest BCUT2D eigenvalue weighted by Gasteiger charge is 2.77. The number of carbonyl (C=O) groups is 3. The van der Waals surface area contributed by atoms with Crippen molar-refractivity contribution in [2.24, 2.45) is 17.8 Å². The highest BCUT2D eigenvalue weighted by molar-refractivity contribution is 8.02. The number of aliphatic hydroxyl groups is 1. The summed E-state index contributed by atoms with van der Waals surface area (Å²) in [5.41, 5.74) is 0.528. The maximum absolute atomic E-state index is 14.5. The van der Waals surface area contributed by atoms with E-state index in [1.54, 1.807) is 51.9 Å². The molecular weight excluding hydrogens is 500 g/mol. The van der Waals surface area contributed by atoms with Crippen molar-refractivity contribution >= 4 is 46.8 Å². The minimum atomic E-state index is -0.870. The number of esters is 1. The molecule has 3 saturated heterocycles. The van der Waals surface area contributed by atoms with Crippen molar-refractivity contribution in [3.63, 3.8) is 0 Å². The Bertz CT molecular complexity index is 1060. The lowest BCUT2D eigenvalue weighted by Crippen LogP contribution is -2.59. The number of carbonyl (C=O) groups excluding carboxylic acids is 3. The van der Waals surface area contributed by atoms with Crippen LogP contribution in [-0.2, 0) is 19.1 Å². The number of para-hydroxylation sites is 1. The van der Waals surface area contributed by atoms with Crippen LogP contribution in [0.25, 0.3) is 0 Å². The van der Waals surface area contributed by atoms with Crippen molar-refractivity contribution in [2.45, 2.75) is 48.8 Å². The number of fused-ring (bicyclic) bond motifs is 1. The molecule has 3 aliphatic heterocycles. The second-order valence-electron chi connectivity index (χ2n) is 9.65. The molecule has 0 saturated carbocycles. The number of benzene rings is 1. The molecule has 1 aromatic carbocycles. The fraction of sp³-hybridized carbons (Fsp3) is 0.519. The van der Waals surface area contributed by atoms with Crippen molar-refractivity contribution in [2.75, 3.05) is 24.7 Å². The maximum atomic E-state index is 14.5. The predicted octanol–water partition coefficient (Wildman–Crippen LogP) is 3.70. The Balaban J connectivity index is 1.85. The van der Waals surface area contributed by atoms with E-state index < -0.39 is 34.6 Å². The van der Waals surface area contributed by atoms with E-state index >= 15 is 0 Å². The summed E-state index contributed by atoms with van der Waals surface area (Å²) >= 11 is 8.06. The van der Waals surface area contributed by atoms with Crippen LogP contribution in [0, 0.1) is 17.8 Å². The number of ether oxygens (including phenoxy) is 1. The zero-order chi connectivity index (χ0) is 26.2. The fourth-order valence-electron chi connectivity index (χ4n) is 6.31. The summed E-state index contributed by atoms with van der Waals surface area (Å²) in [5.74, 6) is -2.35. The quantitative estimate of drug-likeness (QED) is 0.365. The normalized spacial score (nSPS) is 31.2. The lowest BCUT2D eigenvalue weighted by Gasteiger charge is -2.42. The number of nitrogens with zero attached hydrogens (tertiary/aromatic N) is 2. The number of hydrogen-bond acceptors (Lipinski definition) is 6. The molecule has 0 aromatic heterocycles. The van der Waals surface area contributed by atoms with Crippen LogP contribution in [0.2, 0.25) is 5.02 Å². The second kappa shape index (κ2) is 10.6. The first kappa shape index (κ1) is 26.8. The van der Waals surface area contributed by atoms with Crippen molar-refractivity contribution < 1.29 is 24.2 Å². The molecule has 1 N–H and O–H groups in total. The number of likely N-dealkylation sites (tertiary alicyclic amines) is 1. The molecule has 2 amide bonds. The molecular formula is C27H33ClN2O5S. The van der Waals surface area contributed by atoms with Crippen molar-refractivity contribution in [1.29, 1.82) is 0 Å². The molecule has 36 heavy (non-hydrogen) atoms. The topological polar surface area (TPSA) is 87.2 Å². The summed E-state index contributed by atoms with van der Waals surface area (Å²) in [5, 5.41) is 10.5. The zero-order valence-corrected chi connectivity index (χ0v) is 22.2. The SMILES string of the molecule is C=CCOC(=O)[C@@H]1[C@@H]2CC(C)C3(S2)C(C(=O)N(CC=C)c2ccccc2Cl)N([C@@H](CC)CO)C(=O)[C@H]13. The van der Waals surface area contributed by atoms with Gasteiger partial charge in [0.15, 0.2) is 0 Å². The molecule has 3 unspecified atom stereocenters. The van der Waals surface area contributed by atoms with Gasteiger partial charge in [-0.3, -0.25) is 14.4 Å². The first-order valence-electron chi connectivity index (χ1n) is 12.3. The van der Waals surface area contributed by atoms with Crippen LogP contribution in [0.1, 0.15) is 26.7 Å². The standard InChI is InChI=1S/C27H33ClN2O5S/c1-5-12-29(19-11-9-8-10-18(19)28)25(33)23-27-16(4)14-20(36-27)21(26(34)35-13-6-2)22(27)24(32)30(23)17(7-3)15-31/h5-6,8-11,16-17,20-23,31H,1-2,7,12-15H2,3-4H3/t16?,17-,20-,21+,22-,23?,27?/m0/s1. The highest BCUT2D eigenvalue weighted by atomic mass is 35.5. The lowest BCUT2D eigenvalue weighted by molar-refractivity contribution is -0.154. The third-order valence-electron chi connectivity index (χ3n) is 7.83. The molecule has 1 spiro atoms. The van der Waals surface area contributed by atoms with E-state index in [9.17, 15) is 19.5 Å². The van der Waals surface area contributed by atoms with Crippen LogP contribution >= 0.6 is 23.4 Å². The highest BCUT2D eigenvalue weighted by Crippen LogP contribution is 2.69. The molecule has 3 aliphatic rings. The number of rotatable bonds is 10. The first-order valence-corrected chi connectivity index (χ1v) is 13.6. The smallest absolute Gasteiger partial charge is 0.311 e. The number of halogens is 1. The van der Waals surface area contributed by atoms with E-state index in [2.05, 4.69) is 20.1 Å². The molecule has 3 heterocycles. The summed E-state index contributed by atoms with van der Waals surface area (Å²) in [6.07, 6.45) is 4.29. The van der Waals surface area contributed by atoms with E-state index in [4.69, 9.17) is 16.3 Å². The molecule has 1 aromatic rings. The molecule has 9 heteroatoms. The number of anilines is 1. The predicted molar refractivity (Wildman–Crippen MR) is 142 cm³/mol. The Labute approximate surface area is 221 Å². The van der Waals surface area contributed by atoms with Crippen molar-refractivity contribution in [1.82, 2.24) is 4.90 Å². The van der Waals surface area contributed by atoms with Crippen LogP contribution < -0.4 is 4.90 Å². The van der Waals surface area contributed by atoms with Crippen molar-refractivity contribution in [3.05, 3.63) is 54.6 Å². The lowest BCUT2D eigenvalue weighted by atomic mass is 9.66. The third-order valence-corrected chi connectivity index (χ3v) is 10.2. The Hall–Kier alpha value is -2.29. The number of hydrogen-bond donors (Lipinski definition) is 1.